The minimum absolute atomic E-state index is 0.0727. The molecule has 3 rings (SSSR count). The Kier molecular flexibility index (Phi) is 5.62. The number of hydrogen-bond acceptors (Lipinski definition) is 6. The number of nitrogens with one attached hydrogen (secondary N) is 1. The lowest BCUT2D eigenvalue weighted by molar-refractivity contribution is -0.136. The van der Waals surface area contributed by atoms with Crippen molar-refractivity contribution in [3.8, 4) is 16.5 Å². The number of benzene rings is 1. The van der Waals surface area contributed by atoms with Crippen LogP contribution in [0.2, 0.25) is 4.34 Å². The van der Waals surface area contributed by atoms with Crippen molar-refractivity contribution in [1.29, 1.82) is 0 Å². The molecule has 140 valence electrons. The minimum atomic E-state index is -0.995. The zero-order valence-corrected chi connectivity index (χ0v) is 16.4. The van der Waals surface area contributed by atoms with Crippen molar-refractivity contribution in [2.24, 2.45) is 0 Å². The lowest BCUT2D eigenvalue weighted by atomic mass is 10.1. The van der Waals surface area contributed by atoms with E-state index in [1.165, 1.54) is 17.4 Å². The number of carboxylic acids is 1. The second-order valence-electron chi connectivity index (χ2n) is 5.96. The lowest BCUT2D eigenvalue weighted by Crippen LogP contribution is -2.05. The van der Waals surface area contributed by atoms with Gasteiger partial charge in [-0.25, -0.2) is 9.97 Å². The van der Waals surface area contributed by atoms with Gasteiger partial charge in [-0.3, -0.25) is 4.79 Å². The van der Waals surface area contributed by atoms with E-state index in [1.807, 2.05) is 19.9 Å². The van der Waals surface area contributed by atoms with Gasteiger partial charge in [0.2, 0.25) is 0 Å². The molecule has 0 saturated heterocycles. The number of hydrogen-bond donors (Lipinski definition) is 3. The molecule has 1 aromatic carbocycles. The first-order valence-electron chi connectivity index (χ1n) is 8.31. The first-order valence-corrected chi connectivity index (χ1v) is 9.50. The molecule has 0 spiro atoms. The van der Waals surface area contributed by atoms with Crippen LogP contribution in [-0.4, -0.2) is 26.2 Å². The van der Waals surface area contributed by atoms with Crippen molar-refractivity contribution < 1.29 is 15.0 Å². The van der Waals surface area contributed by atoms with Crippen molar-refractivity contribution in [2.45, 2.75) is 26.7 Å². The minimum Gasteiger partial charge on any atom is -0.508 e. The number of halogens is 1. The molecule has 2 heterocycles. The molecule has 6 nitrogen and oxygen atoms in total. The number of carboxylic acid groups (broad SMARTS) is 1. The zero-order valence-electron chi connectivity index (χ0n) is 14.8. The molecular weight excluding hydrogens is 386 g/mol. The molecule has 0 radical (unpaired) electrons. The Morgan fingerprint density at radius 2 is 2.04 bits per heavy atom. The van der Waals surface area contributed by atoms with Crippen LogP contribution in [-0.2, 0) is 17.6 Å². The molecule has 3 N–H and O–H groups in total. The van der Waals surface area contributed by atoms with Gasteiger partial charge < -0.3 is 15.5 Å². The van der Waals surface area contributed by atoms with Crippen molar-refractivity contribution in [3.05, 3.63) is 51.5 Å². The summed E-state index contributed by atoms with van der Waals surface area (Å²) in [5.74, 6) is 0.159. The van der Waals surface area contributed by atoms with Gasteiger partial charge in [0.05, 0.1) is 15.6 Å². The fourth-order valence-electron chi connectivity index (χ4n) is 2.76. The third-order valence-corrected chi connectivity index (χ3v) is 5.28. The number of thiophene rings is 1. The number of rotatable bonds is 6. The van der Waals surface area contributed by atoms with E-state index in [1.54, 1.807) is 18.2 Å². The molecule has 0 aliphatic rings. The van der Waals surface area contributed by atoms with Crippen LogP contribution in [0.15, 0.2) is 30.3 Å². The number of aliphatic carboxylic acids is 1. The van der Waals surface area contributed by atoms with Crippen molar-refractivity contribution in [1.82, 2.24) is 9.97 Å². The summed E-state index contributed by atoms with van der Waals surface area (Å²) in [6.07, 6.45) is 0.505. The maximum atomic E-state index is 10.8. The average Bonchev–Trinajstić information content (AvgIpc) is 3.03. The van der Waals surface area contributed by atoms with Gasteiger partial charge in [-0.15, -0.1) is 11.3 Å². The number of aromatic hydroxyl groups is 1. The number of anilines is 2. The summed E-state index contributed by atoms with van der Waals surface area (Å²) in [5.41, 5.74) is 2.80. The molecule has 27 heavy (non-hydrogen) atoms. The van der Waals surface area contributed by atoms with Crippen LogP contribution in [0.25, 0.3) is 10.7 Å². The van der Waals surface area contributed by atoms with Crippen LogP contribution in [0.4, 0.5) is 11.5 Å². The summed E-state index contributed by atoms with van der Waals surface area (Å²) < 4.78 is 0.666. The van der Waals surface area contributed by atoms with Crippen LogP contribution in [0.3, 0.4) is 0 Å². The zero-order chi connectivity index (χ0) is 19.6. The molecule has 8 heteroatoms. The SMILES string of the molecule is CCc1c(C)nc(-c2ccc(Cl)s2)nc1Nc1ccc(CC(=O)O)c(O)c1. The number of aromatic nitrogens is 2. The highest BCUT2D eigenvalue weighted by Gasteiger charge is 2.14. The number of nitrogens with zero attached hydrogens (tertiary/aromatic N) is 2. The summed E-state index contributed by atoms with van der Waals surface area (Å²) in [6.45, 7) is 3.95. The number of phenolic OH excluding ortho intramolecular Hbond substituents is 1. The normalized spacial score (nSPS) is 10.8. The Bertz CT molecular complexity index is 1000. The largest absolute Gasteiger partial charge is 0.508 e. The monoisotopic (exact) mass is 403 g/mol. The van der Waals surface area contributed by atoms with Gasteiger partial charge in [-0.2, -0.15) is 0 Å². The molecule has 3 aromatic rings. The van der Waals surface area contributed by atoms with Gasteiger partial charge in [0.1, 0.15) is 11.6 Å². The first-order chi connectivity index (χ1) is 12.9. The molecule has 0 fully saturated rings. The number of carbonyl (C=O) groups is 1. The third-order valence-electron chi connectivity index (χ3n) is 4.05. The van der Waals surface area contributed by atoms with E-state index in [-0.39, 0.29) is 12.2 Å². The van der Waals surface area contributed by atoms with E-state index in [0.29, 0.717) is 27.2 Å². The van der Waals surface area contributed by atoms with Crippen LogP contribution in [0, 0.1) is 6.92 Å². The summed E-state index contributed by atoms with van der Waals surface area (Å²) in [5, 5.41) is 22.2. The van der Waals surface area contributed by atoms with E-state index in [2.05, 4.69) is 15.3 Å². The molecule has 2 aromatic heterocycles. The first kappa shape index (κ1) is 19.1. The predicted molar refractivity (Wildman–Crippen MR) is 107 cm³/mol. The second-order valence-corrected chi connectivity index (χ2v) is 7.67. The van der Waals surface area contributed by atoms with Crippen LogP contribution in [0.1, 0.15) is 23.7 Å². The molecule has 0 saturated carbocycles. The average molecular weight is 404 g/mol. The predicted octanol–water partition coefficient (Wildman–Crippen LogP) is 4.81. The maximum absolute atomic E-state index is 10.8. The molecule has 0 unspecified atom stereocenters. The van der Waals surface area contributed by atoms with Crippen LogP contribution < -0.4 is 5.32 Å². The summed E-state index contributed by atoms with van der Waals surface area (Å²) in [4.78, 5) is 20.9. The van der Waals surface area contributed by atoms with Gasteiger partial charge in [-0.1, -0.05) is 24.6 Å². The molecule has 0 aliphatic heterocycles. The number of phenols is 1. The van der Waals surface area contributed by atoms with E-state index in [0.717, 1.165) is 22.6 Å². The molecule has 0 aliphatic carbocycles. The third kappa shape index (κ3) is 4.37. The highest BCUT2D eigenvalue weighted by Crippen LogP contribution is 2.32. The van der Waals surface area contributed by atoms with Gasteiger partial charge in [0, 0.05) is 28.6 Å². The highest BCUT2D eigenvalue weighted by atomic mass is 35.5. The summed E-state index contributed by atoms with van der Waals surface area (Å²) in [7, 11) is 0. The Morgan fingerprint density at radius 1 is 1.26 bits per heavy atom. The smallest absolute Gasteiger partial charge is 0.307 e. The molecule has 0 bridgehead atoms. The summed E-state index contributed by atoms with van der Waals surface area (Å²) >= 11 is 7.43. The fraction of sp³-hybridized carbons (Fsp3) is 0.211. The van der Waals surface area contributed by atoms with E-state index >= 15 is 0 Å². The van der Waals surface area contributed by atoms with E-state index < -0.39 is 5.97 Å². The maximum Gasteiger partial charge on any atom is 0.307 e. The Labute approximate surface area is 165 Å². The Morgan fingerprint density at radius 3 is 2.63 bits per heavy atom. The quantitative estimate of drug-likeness (QED) is 0.546. The van der Waals surface area contributed by atoms with Crippen molar-refractivity contribution in [3.63, 3.8) is 0 Å². The summed E-state index contributed by atoms with van der Waals surface area (Å²) in [6, 6.07) is 8.49. The molecule has 0 atom stereocenters. The number of aryl methyl sites for hydroxylation is 1. The lowest BCUT2D eigenvalue weighted by Gasteiger charge is -2.14. The van der Waals surface area contributed by atoms with Crippen molar-refractivity contribution in [2.75, 3.05) is 5.32 Å². The van der Waals surface area contributed by atoms with E-state index in [9.17, 15) is 9.90 Å². The van der Waals surface area contributed by atoms with Crippen LogP contribution >= 0.6 is 22.9 Å². The molecular formula is C19H18ClN3O3S. The molecule has 0 amide bonds. The Balaban J connectivity index is 1.97. The van der Waals surface area contributed by atoms with Gasteiger partial charge in [0.25, 0.3) is 0 Å². The highest BCUT2D eigenvalue weighted by molar-refractivity contribution is 7.19. The Hall–Kier alpha value is -2.64. The van der Waals surface area contributed by atoms with E-state index in [4.69, 9.17) is 16.7 Å². The van der Waals surface area contributed by atoms with Gasteiger partial charge in [-0.05, 0) is 31.5 Å². The topological polar surface area (TPSA) is 95.3 Å². The second kappa shape index (κ2) is 7.94. The van der Waals surface area contributed by atoms with Gasteiger partial charge >= 0.3 is 5.97 Å². The standard InChI is InChI=1S/C19H18ClN3O3S/c1-3-13-10(2)21-19(15-6-7-16(20)27-15)23-18(13)22-12-5-4-11(8-17(25)26)14(24)9-12/h4-7,9,24H,3,8H2,1-2H3,(H,25,26)(H,21,22,23). The fourth-order valence-corrected chi connectivity index (χ4v) is 3.74. The van der Waals surface area contributed by atoms with Crippen LogP contribution in [0.5, 0.6) is 5.75 Å². The van der Waals surface area contributed by atoms with Crippen molar-refractivity contribution >= 4 is 40.4 Å². The van der Waals surface area contributed by atoms with Gasteiger partial charge in [0.15, 0.2) is 5.82 Å².